The highest BCUT2D eigenvalue weighted by molar-refractivity contribution is 7.88. The summed E-state index contributed by atoms with van der Waals surface area (Å²) >= 11 is 0. The third kappa shape index (κ3) is 4.87. The normalized spacial score (nSPS) is 13.8. The maximum Gasteiger partial charge on any atom is 0.216 e. The van der Waals surface area contributed by atoms with Crippen LogP contribution in [0.4, 0.5) is 0 Å². The molecule has 0 unspecified atom stereocenters. The zero-order valence-corrected chi connectivity index (χ0v) is 17.0. The van der Waals surface area contributed by atoms with Crippen molar-refractivity contribution in [1.82, 2.24) is 4.72 Å². The molecule has 5 heteroatoms. The van der Waals surface area contributed by atoms with Crippen molar-refractivity contribution in [2.45, 2.75) is 31.7 Å². The van der Waals surface area contributed by atoms with Crippen molar-refractivity contribution in [3.05, 3.63) is 107 Å². The van der Waals surface area contributed by atoms with E-state index in [-0.39, 0.29) is 5.75 Å². The third-order valence-corrected chi connectivity index (χ3v) is 6.27. The van der Waals surface area contributed by atoms with Crippen molar-refractivity contribution in [3.8, 4) is 0 Å². The molecule has 0 spiro atoms. The molecule has 146 valence electrons. The van der Waals surface area contributed by atoms with Gasteiger partial charge in [-0.05, 0) is 41.7 Å². The van der Waals surface area contributed by atoms with E-state index in [1.807, 2.05) is 92.7 Å². The molecule has 0 saturated heterocycles. The highest BCUT2D eigenvalue weighted by Crippen LogP contribution is 2.28. The van der Waals surface area contributed by atoms with Gasteiger partial charge in [0.15, 0.2) is 0 Å². The van der Waals surface area contributed by atoms with Crippen molar-refractivity contribution in [1.29, 1.82) is 0 Å². The number of hydrogen-bond acceptors (Lipinski definition) is 3. The fraction of sp³-hybridized carbons (Fsp3) is 0.217. The van der Waals surface area contributed by atoms with Gasteiger partial charge in [0.05, 0.1) is 17.8 Å². The van der Waals surface area contributed by atoms with Gasteiger partial charge >= 0.3 is 0 Å². The molecule has 2 atom stereocenters. The number of rotatable bonds is 7. The molecule has 0 aliphatic heterocycles. The van der Waals surface area contributed by atoms with Crippen LogP contribution < -0.4 is 10.5 Å². The lowest BCUT2D eigenvalue weighted by molar-refractivity contribution is 0.503. The Morgan fingerprint density at radius 3 is 1.82 bits per heavy atom. The molecule has 0 amide bonds. The summed E-state index contributed by atoms with van der Waals surface area (Å²) in [5.41, 5.74) is 11.0. The van der Waals surface area contributed by atoms with E-state index < -0.39 is 22.1 Å². The molecule has 0 aliphatic carbocycles. The largest absolute Gasteiger partial charge is 0.322 e. The Bertz CT molecular complexity index is 999. The van der Waals surface area contributed by atoms with Crippen LogP contribution >= 0.6 is 0 Å². The zero-order chi connectivity index (χ0) is 20.1. The Hall–Kier alpha value is -2.47. The molecular weight excluding hydrogens is 368 g/mol. The number of sulfonamides is 1. The summed E-state index contributed by atoms with van der Waals surface area (Å²) < 4.78 is 29.0. The summed E-state index contributed by atoms with van der Waals surface area (Å²) in [6, 6.07) is 23.8. The molecule has 3 aromatic rings. The zero-order valence-electron chi connectivity index (χ0n) is 16.2. The summed E-state index contributed by atoms with van der Waals surface area (Å²) in [5, 5.41) is 0. The summed E-state index contributed by atoms with van der Waals surface area (Å²) in [6.07, 6.45) is 0. The number of aryl methyl sites for hydroxylation is 2. The molecule has 0 radical (unpaired) electrons. The topological polar surface area (TPSA) is 72.2 Å². The first-order valence-corrected chi connectivity index (χ1v) is 10.9. The number of nitrogens with two attached hydrogens (primary N) is 1. The highest BCUT2D eigenvalue weighted by atomic mass is 32.2. The van der Waals surface area contributed by atoms with Crippen molar-refractivity contribution >= 4 is 10.0 Å². The molecule has 0 aliphatic rings. The molecule has 4 nitrogen and oxygen atoms in total. The summed E-state index contributed by atoms with van der Waals surface area (Å²) in [6.45, 7) is 3.87. The Labute approximate surface area is 167 Å². The van der Waals surface area contributed by atoms with E-state index in [0.717, 1.165) is 27.8 Å². The average Bonchev–Trinajstić information content (AvgIpc) is 2.70. The second kappa shape index (κ2) is 8.69. The van der Waals surface area contributed by atoms with Crippen LogP contribution in [-0.2, 0) is 15.8 Å². The van der Waals surface area contributed by atoms with Gasteiger partial charge in [-0.15, -0.1) is 0 Å². The maximum atomic E-state index is 13.1. The number of nitrogens with one attached hydrogen (secondary N) is 1. The average molecular weight is 395 g/mol. The van der Waals surface area contributed by atoms with Gasteiger partial charge in [-0.1, -0.05) is 78.9 Å². The van der Waals surface area contributed by atoms with E-state index in [1.54, 1.807) is 0 Å². The van der Waals surface area contributed by atoms with Crippen molar-refractivity contribution in [3.63, 3.8) is 0 Å². The van der Waals surface area contributed by atoms with Crippen molar-refractivity contribution in [2.75, 3.05) is 0 Å². The van der Waals surface area contributed by atoms with Crippen LogP contribution in [0.15, 0.2) is 78.9 Å². The lowest BCUT2D eigenvalue weighted by atomic mass is 9.95. The molecule has 28 heavy (non-hydrogen) atoms. The van der Waals surface area contributed by atoms with Gasteiger partial charge in [0.25, 0.3) is 0 Å². The van der Waals surface area contributed by atoms with Gasteiger partial charge in [-0.25, -0.2) is 13.1 Å². The van der Waals surface area contributed by atoms with E-state index in [2.05, 4.69) is 4.72 Å². The maximum absolute atomic E-state index is 13.1. The standard InChI is InChI=1S/C23H26N2O2S/c1-17-10-9-11-18(2)21(17)16-28(26,27)25-23(20-14-7-4-8-15-20)22(24)19-12-5-3-6-13-19/h3-15,22-23,25H,16,24H2,1-2H3/t22-,23-/m1/s1. The van der Waals surface area contributed by atoms with Gasteiger partial charge in [-0.3, -0.25) is 0 Å². The first-order valence-electron chi connectivity index (χ1n) is 9.28. The summed E-state index contributed by atoms with van der Waals surface area (Å²) in [5.74, 6) is -0.0731. The molecule has 3 N–H and O–H groups in total. The molecule has 0 heterocycles. The molecule has 0 saturated carbocycles. The van der Waals surface area contributed by atoms with Crippen molar-refractivity contribution < 1.29 is 8.42 Å². The van der Waals surface area contributed by atoms with Crippen LogP contribution in [0.3, 0.4) is 0 Å². The minimum absolute atomic E-state index is 0.0731. The van der Waals surface area contributed by atoms with Crippen LogP contribution in [-0.4, -0.2) is 8.42 Å². The molecule has 3 rings (SSSR count). The Morgan fingerprint density at radius 2 is 1.29 bits per heavy atom. The third-order valence-electron chi connectivity index (χ3n) is 4.99. The molecule has 3 aromatic carbocycles. The lowest BCUT2D eigenvalue weighted by Gasteiger charge is -2.26. The first kappa shape index (κ1) is 20.3. The smallest absolute Gasteiger partial charge is 0.216 e. The molecule has 0 aromatic heterocycles. The minimum atomic E-state index is -3.61. The predicted octanol–water partition coefficient (Wildman–Crippen LogP) is 4.16. The van der Waals surface area contributed by atoms with Crippen LogP contribution in [0.2, 0.25) is 0 Å². The van der Waals surface area contributed by atoms with Crippen molar-refractivity contribution in [2.24, 2.45) is 5.73 Å². The fourth-order valence-electron chi connectivity index (χ4n) is 3.38. The second-order valence-corrected chi connectivity index (χ2v) is 8.83. The second-order valence-electron chi connectivity index (χ2n) is 7.07. The van der Waals surface area contributed by atoms with E-state index in [1.165, 1.54) is 0 Å². The molecule has 0 fully saturated rings. The minimum Gasteiger partial charge on any atom is -0.322 e. The van der Waals surface area contributed by atoms with E-state index in [4.69, 9.17) is 5.73 Å². The Kier molecular flexibility index (Phi) is 6.29. The first-order chi connectivity index (χ1) is 13.4. The Morgan fingerprint density at radius 1 is 0.786 bits per heavy atom. The van der Waals surface area contributed by atoms with Crippen LogP contribution in [0.5, 0.6) is 0 Å². The monoisotopic (exact) mass is 394 g/mol. The summed E-state index contributed by atoms with van der Waals surface area (Å²) in [4.78, 5) is 0. The van der Waals surface area contributed by atoms with Crippen LogP contribution in [0.25, 0.3) is 0 Å². The van der Waals surface area contributed by atoms with Crippen LogP contribution in [0, 0.1) is 13.8 Å². The molecule has 0 bridgehead atoms. The summed E-state index contributed by atoms with van der Waals surface area (Å²) in [7, 11) is -3.61. The van der Waals surface area contributed by atoms with Gasteiger partial charge in [0, 0.05) is 0 Å². The van der Waals surface area contributed by atoms with Crippen LogP contribution in [0.1, 0.15) is 39.9 Å². The predicted molar refractivity (Wildman–Crippen MR) is 114 cm³/mol. The molecular formula is C23H26N2O2S. The van der Waals surface area contributed by atoms with E-state index >= 15 is 0 Å². The van der Waals surface area contributed by atoms with E-state index in [9.17, 15) is 8.42 Å². The van der Waals surface area contributed by atoms with Gasteiger partial charge in [0.2, 0.25) is 10.0 Å². The fourth-order valence-corrected chi connectivity index (χ4v) is 4.97. The Balaban J connectivity index is 1.93. The number of hydrogen-bond donors (Lipinski definition) is 2. The SMILES string of the molecule is Cc1cccc(C)c1CS(=O)(=O)N[C@H](c1ccccc1)[C@H](N)c1ccccc1. The number of benzene rings is 3. The van der Waals surface area contributed by atoms with Gasteiger partial charge in [-0.2, -0.15) is 0 Å². The van der Waals surface area contributed by atoms with Gasteiger partial charge < -0.3 is 5.73 Å². The lowest BCUT2D eigenvalue weighted by Crippen LogP contribution is -2.36. The van der Waals surface area contributed by atoms with Gasteiger partial charge in [0.1, 0.15) is 0 Å². The van der Waals surface area contributed by atoms with E-state index in [0.29, 0.717) is 0 Å². The quantitative estimate of drug-likeness (QED) is 0.632. The highest BCUT2D eigenvalue weighted by Gasteiger charge is 2.27.